The van der Waals surface area contributed by atoms with Crippen LogP contribution in [0.1, 0.15) is 40.1 Å². The van der Waals surface area contributed by atoms with Crippen LogP contribution in [0.15, 0.2) is 36.4 Å². The molecule has 5 rings (SSSR count). The Hall–Kier alpha value is -3.53. The number of methoxy groups -OCH3 is 1. The van der Waals surface area contributed by atoms with Gasteiger partial charge in [-0.15, -0.1) is 11.3 Å². The molecule has 0 radical (unpaired) electrons. The summed E-state index contributed by atoms with van der Waals surface area (Å²) in [5.41, 5.74) is 1.83. The standard InChI is InChI=1S/C33H39F4N5O2S/c1-41-15-11-22(12-16-41)39-32(43)21-9-10-27(29(18-21)44-3)38-14-5-8-30-24(19-33(35,36)37)23-6-4-7-28(31(23)45-30)40-26-13-17-42(2)20-25(26)34/h4,6-7,9-10,18,22,25-26,38,40H,11-17,19-20H2,1-3H3,(H,39,43). The summed E-state index contributed by atoms with van der Waals surface area (Å²) in [6, 6.07) is 9.96. The Morgan fingerprint density at radius 1 is 1.07 bits per heavy atom. The van der Waals surface area contributed by atoms with Crippen LogP contribution < -0.4 is 20.7 Å². The molecule has 0 aliphatic carbocycles. The number of nitrogens with zero attached hydrogens (tertiary/aromatic N) is 2. The Bertz CT molecular complexity index is 1560. The molecule has 0 spiro atoms. The fourth-order valence-corrected chi connectivity index (χ4v) is 7.01. The van der Waals surface area contributed by atoms with Gasteiger partial charge >= 0.3 is 6.18 Å². The van der Waals surface area contributed by atoms with Crippen molar-refractivity contribution in [1.29, 1.82) is 0 Å². The van der Waals surface area contributed by atoms with Crippen LogP contribution in [-0.2, 0) is 6.42 Å². The molecule has 1 aromatic heterocycles. The maximum Gasteiger partial charge on any atom is 0.393 e. The number of benzene rings is 2. The van der Waals surface area contributed by atoms with Gasteiger partial charge in [-0.2, -0.15) is 13.2 Å². The van der Waals surface area contributed by atoms with Crippen molar-refractivity contribution < 1.29 is 27.1 Å². The highest BCUT2D eigenvalue weighted by atomic mass is 32.1. The number of rotatable bonds is 8. The van der Waals surface area contributed by atoms with Crippen LogP contribution in [0.5, 0.6) is 5.75 Å². The molecular weight excluding hydrogens is 606 g/mol. The number of hydrogen-bond acceptors (Lipinski definition) is 7. The molecule has 2 atom stereocenters. The number of likely N-dealkylation sites (tertiary alicyclic amines) is 2. The van der Waals surface area contributed by atoms with E-state index in [9.17, 15) is 22.4 Å². The summed E-state index contributed by atoms with van der Waals surface area (Å²) >= 11 is 1.19. The van der Waals surface area contributed by atoms with Gasteiger partial charge in [-0.05, 0) is 81.7 Å². The Balaban J connectivity index is 1.31. The van der Waals surface area contributed by atoms with Gasteiger partial charge in [0, 0.05) is 24.7 Å². The first-order valence-corrected chi connectivity index (χ1v) is 15.9. The van der Waals surface area contributed by atoms with Gasteiger partial charge in [-0.1, -0.05) is 24.0 Å². The molecule has 12 heteroatoms. The third-order valence-corrected chi connectivity index (χ3v) is 9.56. The predicted octanol–water partition coefficient (Wildman–Crippen LogP) is 5.76. The van der Waals surface area contributed by atoms with E-state index in [1.807, 2.05) is 11.9 Å². The van der Waals surface area contributed by atoms with Gasteiger partial charge in [0.2, 0.25) is 0 Å². The van der Waals surface area contributed by atoms with Crippen LogP contribution in [0, 0.1) is 11.8 Å². The van der Waals surface area contributed by atoms with E-state index in [1.165, 1.54) is 18.4 Å². The Kier molecular flexibility index (Phi) is 10.4. The van der Waals surface area contributed by atoms with Gasteiger partial charge in [0.15, 0.2) is 0 Å². The first-order chi connectivity index (χ1) is 21.5. The fraction of sp³-hybridized carbons (Fsp3) is 0.485. The van der Waals surface area contributed by atoms with E-state index in [-0.39, 0.29) is 24.1 Å². The molecule has 45 heavy (non-hydrogen) atoms. The maximum atomic E-state index is 14.8. The molecule has 0 saturated carbocycles. The summed E-state index contributed by atoms with van der Waals surface area (Å²) < 4.78 is 61.8. The summed E-state index contributed by atoms with van der Waals surface area (Å²) in [6.07, 6.45) is -4.21. The number of nitrogens with one attached hydrogen (secondary N) is 3. The lowest BCUT2D eigenvalue weighted by molar-refractivity contribution is -0.126. The molecule has 0 bridgehead atoms. The molecule has 2 aromatic carbocycles. The van der Waals surface area contributed by atoms with Crippen LogP contribution in [-0.4, -0.2) is 94.1 Å². The van der Waals surface area contributed by atoms with Crippen molar-refractivity contribution in [3.05, 3.63) is 52.4 Å². The van der Waals surface area contributed by atoms with Gasteiger partial charge < -0.3 is 30.5 Å². The lowest BCUT2D eigenvalue weighted by Gasteiger charge is -2.33. The van der Waals surface area contributed by atoms with E-state index in [2.05, 4.69) is 39.7 Å². The van der Waals surface area contributed by atoms with E-state index in [4.69, 9.17) is 4.74 Å². The molecule has 7 nitrogen and oxygen atoms in total. The quantitative estimate of drug-likeness (QED) is 0.214. The first kappa shape index (κ1) is 32.9. The van der Waals surface area contributed by atoms with E-state index >= 15 is 0 Å². The molecule has 2 aliphatic rings. The number of fused-ring (bicyclic) bond motifs is 1. The van der Waals surface area contributed by atoms with Crippen molar-refractivity contribution in [1.82, 2.24) is 15.1 Å². The molecule has 1 amide bonds. The lowest BCUT2D eigenvalue weighted by Crippen LogP contribution is -2.46. The Labute approximate surface area is 265 Å². The predicted molar refractivity (Wildman–Crippen MR) is 172 cm³/mol. The first-order valence-electron chi connectivity index (χ1n) is 15.1. The second kappa shape index (κ2) is 14.3. The van der Waals surface area contributed by atoms with Crippen molar-refractivity contribution in [2.75, 3.05) is 64.6 Å². The largest absolute Gasteiger partial charge is 0.495 e. The van der Waals surface area contributed by atoms with E-state index < -0.39 is 24.8 Å². The third-order valence-electron chi connectivity index (χ3n) is 8.37. The van der Waals surface area contributed by atoms with E-state index in [0.717, 1.165) is 32.5 Å². The maximum absolute atomic E-state index is 14.8. The molecule has 3 heterocycles. The number of carbonyl (C=O) groups is 1. The molecular formula is C33H39F4N5O2S. The molecule has 2 saturated heterocycles. The second-order valence-corrected chi connectivity index (χ2v) is 12.8. The Morgan fingerprint density at radius 3 is 2.53 bits per heavy atom. The van der Waals surface area contributed by atoms with Gasteiger partial charge in [-0.3, -0.25) is 4.79 Å². The van der Waals surface area contributed by atoms with Crippen LogP contribution in [0.4, 0.5) is 28.9 Å². The topological polar surface area (TPSA) is 68.9 Å². The highest BCUT2D eigenvalue weighted by Crippen LogP contribution is 2.39. The number of piperidine rings is 2. The number of alkyl halides is 4. The summed E-state index contributed by atoms with van der Waals surface area (Å²) in [7, 11) is 5.44. The average molecular weight is 646 g/mol. The highest BCUT2D eigenvalue weighted by Gasteiger charge is 2.32. The third kappa shape index (κ3) is 8.39. The fourth-order valence-electron chi connectivity index (χ4n) is 5.84. The number of amides is 1. The van der Waals surface area contributed by atoms with Crippen LogP contribution in [0.25, 0.3) is 10.1 Å². The molecule has 242 valence electrons. The van der Waals surface area contributed by atoms with Crippen LogP contribution in [0.3, 0.4) is 0 Å². The lowest BCUT2D eigenvalue weighted by atomic mass is 10.0. The van der Waals surface area contributed by atoms with Gasteiger partial charge in [0.25, 0.3) is 5.91 Å². The highest BCUT2D eigenvalue weighted by molar-refractivity contribution is 7.20. The van der Waals surface area contributed by atoms with Gasteiger partial charge in [-0.25, -0.2) is 4.39 Å². The molecule has 3 aromatic rings. The van der Waals surface area contributed by atoms with Crippen LogP contribution >= 0.6 is 11.3 Å². The summed E-state index contributed by atoms with van der Waals surface area (Å²) in [6.45, 7) is 3.06. The number of ether oxygens (including phenoxy) is 1. The number of carbonyl (C=O) groups excluding carboxylic acids is 1. The van der Waals surface area contributed by atoms with Crippen molar-refractivity contribution in [2.45, 2.75) is 50.1 Å². The zero-order valence-electron chi connectivity index (χ0n) is 25.7. The minimum Gasteiger partial charge on any atom is -0.495 e. The van der Waals surface area contributed by atoms with Crippen molar-refractivity contribution in [2.24, 2.45) is 0 Å². The summed E-state index contributed by atoms with van der Waals surface area (Å²) in [4.78, 5) is 17.3. The summed E-state index contributed by atoms with van der Waals surface area (Å²) in [5, 5.41) is 9.97. The number of anilines is 2. The Morgan fingerprint density at radius 2 is 1.82 bits per heavy atom. The van der Waals surface area contributed by atoms with Gasteiger partial charge in [0.05, 0.1) is 47.1 Å². The number of thiophene rings is 1. The monoisotopic (exact) mass is 645 g/mol. The van der Waals surface area contributed by atoms with Crippen molar-refractivity contribution in [3.8, 4) is 17.6 Å². The summed E-state index contributed by atoms with van der Waals surface area (Å²) in [5.74, 6) is 6.20. The number of halogens is 4. The molecule has 2 fully saturated rings. The number of hydrogen-bond donors (Lipinski definition) is 3. The molecule has 2 unspecified atom stereocenters. The smallest absolute Gasteiger partial charge is 0.393 e. The minimum absolute atomic E-state index is 0.122. The van der Waals surface area contributed by atoms with Crippen molar-refractivity contribution >= 4 is 38.7 Å². The SMILES string of the molecule is COc1cc(C(=O)NC2CCN(C)CC2)ccc1NCC#Cc1sc2c(NC3CCN(C)CC3F)cccc2c1CC(F)(F)F. The minimum atomic E-state index is -4.42. The molecule has 3 N–H and O–H groups in total. The average Bonchev–Trinajstić information content (AvgIpc) is 3.34. The molecule has 2 aliphatic heterocycles. The normalized spacial score (nSPS) is 20.0. The van der Waals surface area contributed by atoms with Gasteiger partial charge in [0.1, 0.15) is 11.9 Å². The van der Waals surface area contributed by atoms with E-state index in [1.54, 1.807) is 36.4 Å². The van der Waals surface area contributed by atoms with Crippen molar-refractivity contribution in [3.63, 3.8) is 0 Å². The zero-order valence-corrected chi connectivity index (χ0v) is 26.5. The van der Waals surface area contributed by atoms with Crippen LogP contribution in [0.2, 0.25) is 0 Å². The second-order valence-electron chi connectivity index (χ2n) is 11.8. The van der Waals surface area contributed by atoms with E-state index in [0.29, 0.717) is 50.6 Å². The zero-order chi connectivity index (χ0) is 32.1.